The standard InChI is InChI=1S/C28H28FN5O2/c29-21-8-10-22(11-9-21)34-16-14-33(15-17-34)19-27(35)32-26-6-2-1-5-24(26)28(36)31-18-20-4-3-7-25-23(20)12-13-30-25/h1-13,30H,14-19H2,(H,31,36)(H,32,35). The molecule has 0 aliphatic carbocycles. The third-order valence-electron chi connectivity index (χ3n) is 6.50. The average Bonchev–Trinajstić information content (AvgIpc) is 3.38. The van der Waals surface area contributed by atoms with Gasteiger partial charge in [-0.05, 0) is 54.1 Å². The number of para-hydroxylation sites is 1. The molecule has 5 rings (SSSR count). The summed E-state index contributed by atoms with van der Waals surface area (Å²) in [6.07, 6.45) is 1.88. The van der Waals surface area contributed by atoms with Crippen molar-refractivity contribution in [3.8, 4) is 0 Å². The van der Waals surface area contributed by atoms with E-state index in [1.54, 1.807) is 36.4 Å². The van der Waals surface area contributed by atoms with Crippen molar-refractivity contribution in [1.29, 1.82) is 0 Å². The Kier molecular flexibility index (Phi) is 6.95. The summed E-state index contributed by atoms with van der Waals surface area (Å²) in [6, 6.07) is 21.4. The van der Waals surface area contributed by atoms with Crippen LogP contribution in [0.5, 0.6) is 0 Å². The predicted molar refractivity (Wildman–Crippen MR) is 140 cm³/mol. The van der Waals surface area contributed by atoms with Gasteiger partial charge in [-0.2, -0.15) is 0 Å². The van der Waals surface area contributed by atoms with E-state index in [1.807, 2.05) is 30.5 Å². The molecule has 0 unspecified atom stereocenters. The molecule has 1 fully saturated rings. The molecule has 7 nitrogen and oxygen atoms in total. The molecule has 184 valence electrons. The number of carbonyl (C=O) groups is 2. The Hall–Kier alpha value is -4.17. The lowest BCUT2D eigenvalue weighted by Gasteiger charge is -2.35. The van der Waals surface area contributed by atoms with Gasteiger partial charge in [0.2, 0.25) is 5.91 Å². The molecule has 1 aliphatic heterocycles. The molecule has 0 spiro atoms. The summed E-state index contributed by atoms with van der Waals surface area (Å²) in [5.74, 6) is -0.657. The number of carbonyl (C=O) groups excluding carboxylic acids is 2. The lowest BCUT2D eigenvalue weighted by molar-refractivity contribution is -0.117. The molecule has 0 bridgehead atoms. The van der Waals surface area contributed by atoms with Gasteiger partial charge in [-0.1, -0.05) is 24.3 Å². The van der Waals surface area contributed by atoms with E-state index in [2.05, 4.69) is 25.4 Å². The highest BCUT2D eigenvalue weighted by molar-refractivity contribution is 6.04. The summed E-state index contributed by atoms with van der Waals surface area (Å²) >= 11 is 0. The van der Waals surface area contributed by atoms with E-state index in [9.17, 15) is 14.0 Å². The molecule has 2 amide bonds. The van der Waals surface area contributed by atoms with Gasteiger partial charge in [-0.3, -0.25) is 14.5 Å². The molecule has 8 heteroatoms. The molecule has 4 aromatic rings. The number of hydrogen-bond acceptors (Lipinski definition) is 4. The molecule has 0 radical (unpaired) electrons. The normalized spacial score (nSPS) is 14.1. The van der Waals surface area contributed by atoms with Gasteiger partial charge in [0.25, 0.3) is 5.91 Å². The highest BCUT2D eigenvalue weighted by atomic mass is 19.1. The Bertz CT molecular complexity index is 1360. The zero-order valence-corrected chi connectivity index (χ0v) is 19.8. The first-order chi connectivity index (χ1) is 17.6. The fourth-order valence-electron chi connectivity index (χ4n) is 4.57. The van der Waals surface area contributed by atoms with Gasteiger partial charge in [0, 0.05) is 55.5 Å². The minimum atomic E-state index is -0.249. The number of benzene rings is 3. The maximum Gasteiger partial charge on any atom is 0.253 e. The van der Waals surface area contributed by atoms with E-state index in [0.29, 0.717) is 17.8 Å². The zero-order valence-electron chi connectivity index (χ0n) is 19.8. The predicted octanol–water partition coefficient (Wildman–Crippen LogP) is 4.00. The van der Waals surface area contributed by atoms with Gasteiger partial charge < -0.3 is 20.5 Å². The number of aromatic amines is 1. The van der Waals surface area contributed by atoms with Crippen LogP contribution >= 0.6 is 0 Å². The van der Waals surface area contributed by atoms with Crippen molar-refractivity contribution >= 4 is 34.1 Å². The number of nitrogens with one attached hydrogen (secondary N) is 3. The number of nitrogens with zero attached hydrogens (tertiary/aromatic N) is 2. The number of aromatic nitrogens is 1. The van der Waals surface area contributed by atoms with Crippen molar-refractivity contribution in [2.45, 2.75) is 6.54 Å². The zero-order chi connectivity index (χ0) is 24.9. The molecule has 36 heavy (non-hydrogen) atoms. The van der Waals surface area contributed by atoms with Crippen LogP contribution in [-0.2, 0) is 11.3 Å². The van der Waals surface area contributed by atoms with Gasteiger partial charge in [-0.15, -0.1) is 0 Å². The maximum atomic E-state index is 13.2. The van der Waals surface area contributed by atoms with E-state index in [-0.39, 0.29) is 24.2 Å². The molecule has 3 aromatic carbocycles. The van der Waals surface area contributed by atoms with Crippen LogP contribution in [0.2, 0.25) is 0 Å². The lowest BCUT2D eigenvalue weighted by Crippen LogP contribution is -2.48. The first kappa shape index (κ1) is 23.6. The molecule has 1 aliphatic rings. The van der Waals surface area contributed by atoms with E-state index in [1.165, 1.54) is 12.1 Å². The largest absolute Gasteiger partial charge is 0.369 e. The number of H-pyrrole nitrogens is 1. The van der Waals surface area contributed by atoms with Crippen LogP contribution in [0.1, 0.15) is 15.9 Å². The topological polar surface area (TPSA) is 80.5 Å². The summed E-state index contributed by atoms with van der Waals surface area (Å²) in [7, 11) is 0. The van der Waals surface area contributed by atoms with Crippen molar-refractivity contribution in [3.63, 3.8) is 0 Å². The first-order valence-electron chi connectivity index (χ1n) is 12.0. The second kappa shape index (κ2) is 10.6. The van der Waals surface area contributed by atoms with Gasteiger partial charge >= 0.3 is 0 Å². The Morgan fingerprint density at radius 2 is 1.67 bits per heavy atom. The second-order valence-corrected chi connectivity index (χ2v) is 8.87. The molecule has 0 saturated carbocycles. The summed E-state index contributed by atoms with van der Waals surface area (Å²) in [6.45, 7) is 3.57. The van der Waals surface area contributed by atoms with Crippen molar-refractivity contribution in [2.24, 2.45) is 0 Å². The fourth-order valence-corrected chi connectivity index (χ4v) is 4.57. The summed E-state index contributed by atoms with van der Waals surface area (Å²) in [4.78, 5) is 33.2. The van der Waals surface area contributed by atoms with Gasteiger partial charge in [-0.25, -0.2) is 4.39 Å². The van der Waals surface area contributed by atoms with Gasteiger partial charge in [0.15, 0.2) is 0 Å². The lowest BCUT2D eigenvalue weighted by atomic mass is 10.1. The van der Waals surface area contributed by atoms with Crippen LogP contribution in [0, 0.1) is 5.82 Å². The van der Waals surface area contributed by atoms with Crippen molar-refractivity contribution in [3.05, 3.63) is 95.9 Å². The summed E-state index contributed by atoms with van der Waals surface area (Å²) < 4.78 is 13.2. The molecule has 1 saturated heterocycles. The quantitative estimate of drug-likeness (QED) is 0.370. The van der Waals surface area contributed by atoms with Gasteiger partial charge in [0.1, 0.15) is 5.82 Å². The van der Waals surface area contributed by atoms with Gasteiger partial charge in [0.05, 0.1) is 17.8 Å². The smallest absolute Gasteiger partial charge is 0.253 e. The Morgan fingerprint density at radius 1 is 0.889 bits per heavy atom. The van der Waals surface area contributed by atoms with E-state index in [4.69, 9.17) is 0 Å². The Morgan fingerprint density at radius 3 is 2.47 bits per heavy atom. The van der Waals surface area contributed by atoms with Crippen LogP contribution in [0.4, 0.5) is 15.8 Å². The SMILES string of the molecule is O=C(CN1CCN(c2ccc(F)cc2)CC1)Nc1ccccc1C(=O)NCc1cccc2[nH]ccc12. The first-order valence-corrected chi connectivity index (χ1v) is 12.0. The number of piperazine rings is 1. The number of anilines is 2. The third kappa shape index (κ3) is 5.39. The fraction of sp³-hybridized carbons (Fsp3) is 0.214. The average molecular weight is 486 g/mol. The van der Waals surface area contributed by atoms with Crippen LogP contribution < -0.4 is 15.5 Å². The molecular formula is C28H28FN5O2. The summed E-state index contributed by atoms with van der Waals surface area (Å²) in [5, 5.41) is 6.95. The molecule has 1 aromatic heterocycles. The second-order valence-electron chi connectivity index (χ2n) is 8.87. The number of fused-ring (bicyclic) bond motifs is 1. The molecule has 3 N–H and O–H groups in total. The van der Waals surface area contributed by atoms with Crippen LogP contribution in [0.25, 0.3) is 10.9 Å². The van der Waals surface area contributed by atoms with E-state index >= 15 is 0 Å². The maximum absolute atomic E-state index is 13.2. The number of amides is 2. The number of rotatable bonds is 7. The van der Waals surface area contributed by atoms with Crippen LogP contribution in [0.15, 0.2) is 79.0 Å². The van der Waals surface area contributed by atoms with E-state index in [0.717, 1.165) is 48.3 Å². The third-order valence-corrected chi connectivity index (χ3v) is 6.50. The molecule has 0 atom stereocenters. The monoisotopic (exact) mass is 485 g/mol. The van der Waals surface area contributed by atoms with E-state index < -0.39 is 0 Å². The Balaban J connectivity index is 1.16. The van der Waals surface area contributed by atoms with Crippen molar-refractivity contribution < 1.29 is 14.0 Å². The minimum absolute atomic E-state index is 0.164. The van der Waals surface area contributed by atoms with Crippen LogP contribution in [0.3, 0.4) is 0 Å². The number of halogens is 1. The number of hydrogen-bond donors (Lipinski definition) is 3. The van der Waals surface area contributed by atoms with Crippen LogP contribution in [-0.4, -0.2) is 54.4 Å². The highest BCUT2D eigenvalue weighted by Crippen LogP contribution is 2.20. The minimum Gasteiger partial charge on any atom is -0.369 e. The summed E-state index contributed by atoms with van der Waals surface area (Å²) in [5.41, 5.74) is 3.93. The van der Waals surface area contributed by atoms with Crippen molar-refractivity contribution in [1.82, 2.24) is 15.2 Å². The molecule has 2 heterocycles. The Labute approximate surface area is 208 Å². The van der Waals surface area contributed by atoms with Crippen molar-refractivity contribution in [2.75, 3.05) is 42.9 Å². The highest BCUT2D eigenvalue weighted by Gasteiger charge is 2.20. The molecular weight excluding hydrogens is 457 g/mol.